The van der Waals surface area contributed by atoms with Crippen LogP contribution in [0.1, 0.15) is 20.8 Å². The van der Waals surface area contributed by atoms with Crippen molar-refractivity contribution in [1.82, 2.24) is 0 Å². The van der Waals surface area contributed by atoms with Crippen LogP contribution in [0, 0.1) is 6.07 Å². The fourth-order valence-corrected chi connectivity index (χ4v) is 1.08. The van der Waals surface area contributed by atoms with Crippen molar-refractivity contribution in [3.05, 3.63) is 30.3 Å². The van der Waals surface area contributed by atoms with Crippen LogP contribution in [0.2, 0.25) is 0 Å². The summed E-state index contributed by atoms with van der Waals surface area (Å²) < 4.78 is 11.0. The highest BCUT2D eigenvalue weighted by Crippen LogP contribution is 2.17. The van der Waals surface area contributed by atoms with Gasteiger partial charge in [0.2, 0.25) is 5.79 Å². The van der Waals surface area contributed by atoms with E-state index in [1.165, 1.54) is 0 Å². The second-order valence-electron chi connectivity index (χ2n) is 3.16. The summed E-state index contributed by atoms with van der Waals surface area (Å²) in [6.07, 6.45) is 0. The van der Waals surface area contributed by atoms with Crippen molar-refractivity contribution in [3.63, 3.8) is 0 Å². The van der Waals surface area contributed by atoms with E-state index in [1.54, 1.807) is 0 Å². The third kappa shape index (κ3) is 3.47. The standard InChI is InChI=1S/C11H15O2/c1-4-12-11(2,3)13-10-8-6-5-7-9-10/h5-8H,4H2,1-3H3. The third-order valence-corrected chi connectivity index (χ3v) is 1.53. The molecule has 0 amide bonds. The van der Waals surface area contributed by atoms with Gasteiger partial charge in [0, 0.05) is 26.5 Å². The quantitative estimate of drug-likeness (QED) is 0.661. The zero-order valence-electron chi connectivity index (χ0n) is 8.33. The summed E-state index contributed by atoms with van der Waals surface area (Å²) in [4.78, 5) is 0. The second-order valence-corrected chi connectivity index (χ2v) is 3.16. The molecular formula is C11H15O2. The summed E-state index contributed by atoms with van der Waals surface area (Å²) in [6, 6.07) is 10.5. The second kappa shape index (κ2) is 4.28. The lowest BCUT2D eigenvalue weighted by molar-refractivity contribution is -0.152. The van der Waals surface area contributed by atoms with Crippen molar-refractivity contribution in [1.29, 1.82) is 0 Å². The van der Waals surface area contributed by atoms with E-state index in [0.717, 1.165) is 0 Å². The van der Waals surface area contributed by atoms with Gasteiger partial charge in [-0.1, -0.05) is 18.2 Å². The Bertz CT molecular complexity index is 242. The molecule has 0 spiro atoms. The molecule has 1 aromatic rings. The molecule has 0 saturated heterocycles. The molecule has 0 heterocycles. The van der Waals surface area contributed by atoms with E-state index in [2.05, 4.69) is 6.07 Å². The minimum absolute atomic E-state index is 0.577. The maximum Gasteiger partial charge on any atom is 0.204 e. The van der Waals surface area contributed by atoms with Crippen LogP contribution in [0.25, 0.3) is 0 Å². The molecule has 1 radical (unpaired) electrons. The molecule has 0 bridgehead atoms. The average Bonchev–Trinajstić information content (AvgIpc) is 2.04. The number of hydrogen-bond donors (Lipinski definition) is 0. The molecule has 0 unspecified atom stereocenters. The van der Waals surface area contributed by atoms with E-state index >= 15 is 0 Å². The maximum absolute atomic E-state index is 5.56. The number of rotatable bonds is 4. The van der Waals surface area contributed by atoms with Crippen LogP contribution < -0.4 is 4.74 Å². The van der Waals surface area contributed by atoms with E-state index in [9.17, 15) is 0 Å². The molecule has 2 heteroatoms. The first-order valence-corrected chi connectivity index (χ1v) is 4.44. The summed E-state index contributed by atoms with van der Waals surface area (Å²) >= 11 is 0. The van der Waals surface area contributed by atoms with Crippen molar-refractivity contribution < 1.29 is 9.47 Å². The Morgan fingerprint density at radius 1 is 1.38 bits per heavy atom. The molecule has 1 rings (SSSR count). The van der Waals surface area contributed by atoms with Gasteiger partial charge in [0.25, 0.3) is 0 Å². The van der Waals surface area contributed by atoms with Crippen molar-refractivity contribution >= 4 is 0 Å². The molecule has 0 aliphatic heterocycles. The number of benzene rings is 1. The zero-order valence-corrected chi connectivity index (χ0v) is 8.33. The first-order valence-electron chi connectivity index (χ1n) is 4.44. The van der Waals surface area contributed by atoms with E-state index in [1.807, 2.05) is 45.0 Å². The summed E-state index contributed by atoms with van der Waals surface area (Å²) in [7, 11) is 0. The molecule has 0 atom stereocenters. The molecule has 0 N–H and O–H groups in total. The SMILES string of the molecule is CCOC(C)(C)Oc1[c]cccc1. The van der Waals surface area contributed by atoms with E-state index in [0.29, 0.717) is 12.4 Å². The number of ether oxygens (including phenoxy) is 2. The Hall–Kier alpha value is -1.02. The monoisotopic (exact) mass is 179 g/mol. The molecule has 0 aromatic heterocycles. The lowest BCUT2D eigenvalue weighted by Gasteiger charge is -2.25. The summed E-state index contributed by atoms with van der Waals surface area (Å²) in [6.45, 7) is 6.36. The maximum atomic E-state index is 5.56. The lowest BCUT2D eigenvalue weighted by atomic mass is 10.3. The Kier molecular flexibility index (Phi) is 3.32. The minimum Gasteiger partial charge on any atom is -0.462 e. The zero-order chi connectivity index (χ0) is 9.73. The van der Waals surface area contributed by atoms with Gasteiger partial charge < -0.3 is 9.47 Å². The van der Waals surface area contributed by atoms with Gasteiger partial charge in [0.05, 0.1) is 0 Å². The van der Waals surface area contributed by atoms with Gasteiger partial charge in [0.15, 0.2) is 0 Å². The Morgan fingerprint density at radius 2 is 2.15 bits per heavy atom. The minimum atomic E-state index is -0.577. The topological polar surface area (TPSA) is 18.5 Å². The van der Waals surface area contributed by atoms with Crippen molar-refractivity contribution in [2.24, 2.45) is 0 Å². The molecule has 0 aliphatic rings. The van der Waals surface area contributed by atoms with Crippen LogP contribution >= 0.6 is 0 Å². The fraction of sp³-hybridized carbons (Fsp3) is 0.455. The van der Waals surface area contributed by atoms with Crippen LogP contribution in [0.4, 0.5) is 0 Å². The Labute approximate surface area is 79.5 Å². The molecule has 1 aromatic carbocycles. The number of para-hydroxylation sites is 1. The van der Waals surface area contributed by atoms with Gasteiger partial charge in [-0.15, -0.1) is 0 Å². The van der Waals surface area contributed by atoms with E-state index in [4.69, 9.17) is 9.47 Å². The highest BCUT2D eigenvalue weighted by Gasteiger charge is 2.18. The molecular weight excluding hydrogens is 164 g/mol. The predicted octanol–water partition coefficient (Wildman–Crippen LogP) is 2.64. The van der Waals surface area contributed by atoms with Crippen molar-refractivity contribution in [2.45, 2.75) is 26.6 Å². The Morgan fingerprint density at radius 3 is 2.69 bits per heavy atom. The van der Waals surface area contributed by atoms with E-state index in [-0.39, 0.29) is 0 Å². The predicted molar refractivity (Wildman–Crippen MR) is 51.6 cm³/mol. The fourth-order valence-electron chi connectivity index (χ4n) is 1.08. The van der Waals surface area contributed by atoms with Gasteiger partial charge in [-0.25, -0.2) is 0 Å². The average molecular weight is 179 g/mol. The van der Waals surface area contributed by atoms with Gasteiger partial charge in [-0.2, -0.15) is 0 Å². The molecule has 13 heavy (non-hydrogen) atoms. The van der Waals surface area contributed by atoms with E-state index < -0.39 is 5.79 Å². The van der Waals surface area contributed by atoms with Gasteiger partial charge in [0.1, 0.15) is 5.75 Å². The van der Waals surface area contributed by atoms with Crippen LogP contribution in [0.3, 0.4) is 0 Å². The molecule has 71 valence electrons. The van der Waals surface area contributed by atoms with Gasteiger partial charge in [-0.3, -0.25) is 0 Å². The summed E-state index contributed by atoms with van der Waals surface area (Å²) in [5.41, 5.74) is 0. The van der Waals surface area contributed by atoms with Crippen LogP contribution in [-0.4, -0.2) is 12.4 Å². The summed E-state index contributed by atoms with van der Waals surface area (Å²) in [5, 5.41) is 0. The van der Waals surface area contributed by atoms with Crippen LogP contribution in [0.5, 0.6) is 5.75 Å². The van der Waals surface area contributed by atoms with Crippen LogP contribution in [0.15, 0.2) is 24.3 Å². The molecule has 2 nitrogen and oxygen atoms in total. The lowest BCUT2D eigenvalue weighted by Crippen LogP contribution is -2.31. The largest absolute Gasteiger partial charge is 0.462 e. The Balaban J connectivity index is 2.58. The van der Waals surface area contributed by atoms with Crippen molar-refractivity contribution in [2.75, 3.05) is 6.61 Å². The molecule has 0 aliphatic carbocycles. The number of hydrogen-bond acceptors (Lipinski definition) is 2. The van der Waals surface area contributed by atoms with Gasteiger partial charge >= 0.3 is 0 Å². The summed E-state index contributed by atoms with van der Waals surface area (Å²) in [5.74, 6) is 0.132. The highest BCUT2D eigenvalue weighted by atomic mass is 16.7. The van der Waals surface area contributed by atoms with Crippen LogP contribution in [-0.2, 0) is 4.74 Å². The highest BCUT2D eigenvalue weighted by molar-refractivity contribution is 5.19. The molecule has 0 fully saturated rings. The first kappa shape index (κ1) is 10.1. The van der Waals surface area contributed by atoms with Crippen molar-refractivity contribution in [3.8, 4) is 5.75 Å². The third-order valence-electron chi connectivity index (χ3n) is 1.53. The molecule has 0 saturated carbocycles. The smallest absolute Gasteiger partial charge is 0.204 e. The normalized spacial score (nSPS) is 11.3. The van der Waals surface area contributed by atoms with Gasteiger partial charge in [-0.05, 0) is 13.0 Å². The first-order chi connectivity index (χ1) is 6.14.